The van der Waals surface area contributed by atoms with E-state index in [1.54, 1.807) is 30.3 Å². The third-order valence-corrected chi connectivity index (χ3v) is 5.64. The predicted octanol–water partition coefficient (Wildman–Crippen LogP) is 4.92. The Hall–Kier alpha value is -2.01. The maximum absolute atomic E-state index is 12.8. The highest BCUT2D eigenvalue weighted by Gasteiger charge is 2.37. The molecule has 5 rings (SSSR count). The van der Waals surface area contributed by atoms with Gasteiger partial charge in [-0.15, -0.1) is 0 Å². The van der Waals surface area contributed by atoms with E-state index in [0.717, 1.165) is 17.9 Å². The maximum Gasteiger partial charge on any atom is 0.231 e. The standard InChI is InChI=1S/C20H15Cl2NO3/c21-15-2-1-3-16(22)13(15)8-18-19(24)12-6-7-17-14(20(12)26-18)9-23(10-25-17)11-4-5-11/h1-3,6-8,11H,4-5,9-10H2/b18-8-. The molecule has 0 N–H and O–H groups in total. The van der Waals surface area contributed by atoms with Crippen molar-refractivity contribution in [2.45, 2.75) is 25.4 Å². The molecule has 0 atom stereocenters. The van der Waals surface area contributed by atoms with Gasteiger partial charge in [0, 0.05) is 28.2 Å². The fourth-order valence-electron chi connectivity index (χ4n) is 3.43. The van der Waals surface area contributed by atoms with Gasteiger partial charge in [0.05, 0.1) is 11.1 Å². The number of allylic oxidation sites excluding steroid dienone is 1. The first-order valence-electron chi connectivity index (χ1n) is 8.53. The molecule has 0 bridgehead atoms. The Bertz CT molecular complexity index is 946. The zero-order chi connectivity index (χ0) is 17.8. The number of carbonyl (C=O) groups is 1. The number of halogens is 2. The van der Waals surface area contributed by atoms with Crippen molar-refractivity contribution in [3.8, 4) is 11.5 Å². The summed E-state index contributed by atoms with van der Waals surface area (Å²) in [6.07, 6.45) is 4.01. The lowest BCUT2D eigenvalue weighted by molar-refractivity contribution is 0.0868. The molecule has 0 radical (unpaired) electrons. The van der Waals surface area contributed by atoms with Gasteiger partial charge < -0.3 is 9.47 Å². The van der Waals surface area contributed by atoms with E-state index in [2.05, 4.69) is 4.90 Å². The van der Waals surface area contributed by atoms with Crippen LogP contribution in [0.4, 0.5) is 0 Å². The fourth-order valence-corrected chi connectivity index (χ4v) is 3.94. The maximum atomic E-state index is 12.8. The molecule has 26 heavy (non-hydrogen) atoms. The van der Waals surface area contributed by atoms with Gasteiger partial charge in [-0.2, -0.15) is 0 Å². The van der Waals surface area contributed by atoms with Crippen LogP contribution in [-0.4, -0.2) is 23.5 Å². The zero-order valence-electron chi connectivity index (χ0n) is 13.8. The summed E-state index contributed by atoms with van der Waals surface area (Å²) in [5.74, 6) is 1.44. The number of nitrogens with zero attached hydrogens (tertiary/aromatic N) is 1. The van der Waals surface area contributed by atoms with E-state index >= 15 is 0 Å². The molecule has 1 saturated carbocycles. The molecular weight excluding hydrogens is 373 g/mol. The third kappa shape index (κ3) is 2.60. The Morgan fingerprint density at radius 1 is 1.12 bits per heavy atom. The second-order valence-electron chi connectivity index (χ2n) is 6.75. The number of benzene rings is 2. The van der Waals surface area contributed by atoms with Gasteiger partial charge in [-0.3, -0.25) is 9.69 Å². The molecule has 1 fully saturated rings. The van der Waals surface area contributed by atoms with Crippen molar-refractivity contribution in [2.24, 2.45) is 0 Å². The molecule has 0 saturated heterocycles. The van der Waals surface area contributed by atoms with E-state index < -0.39 is 0 Å². The summed E-state index contributed by atoms with van der Waals surface area (Å²) in [6, 6.07) is 9.42. The van der Waals surface area contributed by atoms with Crippen LogP contribution in [0.2, 0.25) is 10.0 Å². The quantitative estimate of drug-likeness (QED) is 0.685. The molecule has 2 aliphatic heterocycles. The van der Waals surface area contributed by atoms with E-state index in [9.17, 15) is 4.79 Å². The van der Waals surface area contributed by atoms with E-state index in [-0.39, 0.29) is 11.5 Å². The normalized spacial score (nSPS) is 20.5. The van der Waals surface area contributed by atoms with Crippen LogP contribution in [0.1, 0.15) is 34.3 Å². The topological polar surface area (TPSA) is 38.8 Å². The smallest absolute Gasteiger partial charge is 0.231 e. The highest BCUT2D eigenvalue weighted by Crippen LogP contribution is 2.44. The molecule has 0 unspecified atom stereocenters. The first-order chi connectivity index (χ1) is 12.6. The second kappa shape index (κ2) is 6.02. The number of ketones is 1. The van der Waals surface area contributed by atoms with Gasteiger partial charge in [0.25, 0.3) is 0 Å². The number of rotatable bonds is 2. The van der Waals surface area contributed by atoms with E-state index in [1.165, 1.54) is 12.8 Å². The Balaban J connectivity index is 1.54. The molecule has 6 heteroatoms. The third-order valence-electron chi connectivity index (χ3n) is 4.98. The van der Waals surface area contributed by atoms with E-state index in [4.69, 9.17) is 32.7 Å². The Morgan fingerprint density at radius 3 is 2.62 bits per heavy atom. The van der Waals surface area contributed by atoms with Gasteiger partial charge in [0.2, 0.25) is 5.78 Å². The second-order valence-corrected chi connectivity index (χ2v) is 7.56. The minimum absolute atomic E-state index is 0.165. The van der Waals surface area contributed by atoms with Crippen molar-refractivity contribution in [3.05, 3.63) is 62.8 Å². The largest absolute Gasteiger partial charge is 0.478 e. The van der Waals surface area contributed by atoms with Crippen LogP contribution in [-0.2, 0) is 6.54 Å². The molecule has 0 spiro atoms. The lowest BCUT2D eigenvalue weighted by Crippen LogP contribution is -2.33. The Labute approximate surface area is 160 Å². The van der Waals surface area contributed by atoms with Crippen LogP contribution >= 0.6 is 23.2 Å². The van der Waals surface area contributed by atoms with Crippen molar-refractivity contribution in [3.63, 3.8) is 0 Å². The van der Waals surface area contributed by atoms with Gasteiger partial charge in [0.15, 0.2) is 5.76 Å². The summed E-state index contributed by atoms with van der Waals surface area (Å²) in [4.78, 5) is 15.1. The van der Waals surface area contributed by atoms with Crippen LogP contribution in [0.5, 0.6) is 11.5 Å². The van der Waals surface area contributed by atoms with Crippen molar-refractivity contribution in [1.29, 1.82) is 0 Å². The highest BCUT2D eigenvalue weighted by molar-refractivity contribution is 6.37. The number of hydrogen-bond acceptors (Lipinski definition) is 4. The SMILES string of the molecule is O=C1/C(=C/c2c(Cl)cccc2Cl)Oc2c1ccc1c2CN(C2CC2)CO1. The Morgan fingerprint density at radius 2 is 1.88 bits per heavy atom. The number of Topliss-reactive ketones (excluding diaryl/α,β-unsaturated/α-hetero) is 1. The zero-order valence-corrected chi connectivity index (χ0v) is 15.3. The van der Waals surface area contributed by atoms with Crippen molar-refractivity contribution in [1.82, 2.24) is 4.90 Å². The fraction of sp³-hybridized carbons (Fsp3) is 0.250. The van der Waals surface area contributed by atoms with Gasteiger partial charge in [0.1, 0.15) is 18.2 Å². The average molecular weight is 388 g/mol. The number of hydrogen-bond donors (Lipinski definition) is 0. The van der Waals surface area contributed by atoms with Gasteiger partial charge >= 0.3 is 0 Å². The van der Waals surface area contributed by atoms with Crippen LogP contribution in [0.25, 0.3) is 6.08 Å². The molecule has 2 aromatic carbocycles. The average Bonchev–Trinajstić information content (AvgIpc) is 3.43. The summed E-state index contributed by atoms with van der Waals surface area (Å²) in [7, 11) is 0. The lowest BCUT2D eigenvalue weighted by Gasteiger charge is -2.29. The van der Waals surface area contributed by atoms with Crippen LogP contribution in [0.3, 0.4) is 0 Å². The van der Waals surface area contributed by atoms with Crippen molar-refractivity contribution >= 4 is 35.1 Å². The van der Waals surface area contributed by atoms with E-state index in [0.29, 0.717) is 39.7 Å². The lowest BCUT2D eigenvalue weighted by atomic mass is 10.0. The van der Waals surface area contributed by atoms with Gasteiger partial charge in [-0.05, 0) is 43.2 Å². The molecule has 3 aliphatic rings. The summed E-state index contributed by atoms with van der Waals surface area (Å²) in [6.45, 7) is 1.32. The molecule has 132 valence electrons. The number of ether oxygens (including phenoxy) is 2. The molecule has 2 aromatic rings. The Kier molecular flexibility index (Phi) is 3.74. The monoisotopic (exact) mass is 387 g/mol. The number of fused-ring (bicyclic) bond motifs is 3. The molecule has 4 nitrogen and oxygen atoms in total. The van der Waals surface area contributed by atoms with Gasteiger partial charge in [-0.25, -0.2) is 0 Å². The summed E-state index contributed by atoms with van der Waals surface area (Å²) < 4.78 is 11.8. The number of carbonyl (C=O) groups excluding carboxylic acids is 1. The van der Waals surface area contributed by atoms with Crippen molar-refractivity contribution in [2.75, 3.05) is 6.73 Å². The summed E-state index contributed by atoms with van der Waals surface area (Å²) >= 11 is 12.4. The molecule has 1 aliphatic carbocycles. The van der Waals surface area contributed by atoms with Crippen molar-refractivity contribution < 1.29 is 14.3 Å². The molecular formula is C20H15Cl2NO3. The van der Waals surface area contributed by atoms with Crippen LogP contribution in [0, 0.1) is 0 Å². The van der Waals surface area contributed by atoms with Crippen LogP contribution in [0.15, 0.2) is 36.1 Å². The minimum Gasteiger partial charge on any atom is -0.478 e. The predicted molar refractivity (Wildman–Crippen MR) is 99.9 cm³/mol. The minimum atomic E-state index is -0.165. The summed E-state index contributed by atoms with van der Waals surface area (Å²) in [5.41, 5.74) is 2.07. The first-order valence-corrected chi connectivity index (χ1v) is 9.28. The highest BCUT2D eigenvalue weighted by atomic mass is 35.5. The van der Waals surface area contributed by atoms with E-state index in [1.807, 2.05) is 6.07 Å². The summed E-state index contributed by atoms with van der Waals surface area (Å²) in [5, 5.41) is 0.949. The first kappa shape index (κ1) is 16.2. The molecule has 0 amide bonds. The molecule has 2 heterocycles. The molecule has 0 aromatic heterocycles. The van der Waals surface area contributed by atoms with Crippen LogP contribution < -0.4 is 9.47 Å². The van der Waals surface area contributed by atoms with Gasteiger partial charge in [-0.1, -0.05) is 29.3 Å².